The lowest BCUT2D eigenvalue weighted by atomic mass is 10.2. The Hall–Kier alpha value is -3.88. The molecule has 0 radical (unpaired) electrons. The number of aromatic amines is 2. The highest BCUT2D eigenvalue weighted by Crippen LogP contribution is 2.25. The number of carbonyl (C=O) groups is 2. The van der Waals surface area contributed by atoms with Crippen molar-refractivity contribution >= 4 is 23.3 Å². The van der Waals surface area contributed by atoms with Crippen LogP contribution in [0.4, 0.5) is 32.3 Å². The first-order valence-corrected chi connectivity index (χ1v) is 10.4. The summed E-state index contributed by atoms with van der Waals surface area (Å²) in [5.41, 5.74) is 0.797. The Morgan fingerprint density at radius 3 is 2.33 bits per heavy atom. The van der Waals surface area contributed by atoms with Crippen LogP contribution >= 0.6 is 0 Å². The Labute approximate surface area is 199 Å². The summed E-state index contributed by atoms with van der Waals surface area (Å²) in [6.45, 7) is 2.73. The van der Waals surface area contributed by atoms with Crippen molar-refractivity contribution in [3.63, 3.8) is 0 Å². The topological polar surface area (TPSA) is 116 Å². The number of imidazole rings is 1. The van der Waals surface area contributed by atoms with Gasteiger partial charge in [-0.1, -0.05) is 6.07 Å². The van der Waals surface area contributed by atoms with Gasteiger partial charge >= 0.3 is 18.3 Å². The van der Waals surface area contributed by atoms with E-state index >= 15 is 0 Å². The SMILES string of the molecule is O=C(NCc1ccc(C(F)(F)F)[nH+]c1)c1[nH]c(N2CCOCC2)[n+]2ccccc12.O=C([O-])C(F)(F)F. The average molecular weight is 520 g/mol. The number of carboxylic acid groups (broad SMARTS) is 1. The number of halogens is 6. The fourth-order valence-electron chi connectivity index (χ4n) is 3.26. The van der Waals surface area contributed by atoms with Crippen LogP contribution in [0.15, 0.2) is 42.7 Å². The second-order valence-corrected chi connectivity index (χ2v) is 7.46. The molecule has 3 aromatic heterocycles. The number of aromatic nitrogens is 3. The third kappa shape index (κ3) is 6.62. The molecule has 9 nitrogen and oxygen atoms in total. The molecular formula is C21H20F6N5O4+. The number of carboxylic acids is 1. The predicted octanol–water partition coefficient (Wildman–Crippen LogP) is 0.651. The van der Waals surface area contributed by atoms with Crippen LogP contribution in [-0.4, -0.2) is 49.3 Å². The highest BCUT2D eigenvalue weighted by Gasteiger charge is 2.37. The summed E-state index contributed by atoms with van der Waals surface area (Å²) in [6.07, 6.45) is -6.51. The number of H-pyrrole nitrogens is 2. The van der Waals surface area contributed by atoms with Crippen molar-refractivity contribution in [1.29, 1.82) is 0 Å². The molecule has 0 atom stereocenters. The third-order valence-corrected chi connectivity index (χ3v) is 4.99. The third-order valence-electron chi connectivity index (χ3n) is 4.99. The Bertz CT molecular complexity index is 1200. The number of pyridine rings is 2. The minimum absolute atomic E-state index is 0.0956. The molecule has 0 bridgehead atoms. The number of hydrogen-bond acceptors (Lipinski definition) is 5. The second-order valence-electron chi connectivity index (χ2n) is 7.46. The molecule has 1 amide bonds. The molecule has 1 aliphatic rings. The molecule has 0 saturated carbocycles. The van der Waals surface area contributed by atoms with Crippen LogP contribution in [-0.2, 0) is 22.3 Å². The van der Waals surface area contributed by atoms with E-state index in [2.05, 4.69) is 20.2 Å². The number of nitrogens with zero attached hydrogens (tertiary/aromatic N) is 2. The number of nitrogens with one attached hydrogen (secondary N) is 3. The summed E-state index contributed by atoms with van der Waals surface area (Å²) in [6, 6.07) is 7.85. The molecular weight excluding hydrogens is 500 g/mol. The van der Waals surface area contributed by atoms with E-state index < -0.39 is 24.0 Å². The van der Waals surface area contributed by atoms with Crippen LogP contribution < -0.4 is 24.7 Å². The summed E-state index contributed by atoms with van der Waals surface area (Å²) < 4.78 is 76.8. The van der Waals surface area contributed by atoms with Gasteiger partial charge in [0.25, 0.3) is 11.6 Å². The van der Waals surface area contributed by atoms with Crippen molar-refractivity contribution in [2.45, 2.75) is 18.9 Å². The largest absolute Gasteiger partial charge is 0.542 e. The zero-order valence-corrected chi connectivity index (χ0v) is 18.4. The molecule has 0 aromatic carbocycles. The maximum Gasteiger partial charge on any atom is 0.477 e. The smallest absolute Gasteiger partial charge is 0.477 e. The lowest BCUT2D eigenvalue weighted by Gasteiger charge is -2.21. The molecule has 4 rings (SSSR count). The van der Waals surface area contributed by atoms with Gasteiger partial charge in [0.15, 0.2) is 11.7 Å². The van der Waals surface area contributed by atoms with Gasteiger partial charge < -0.3 is 20.0 Å². The average Bonchev–Trinajstić information content (AvgIpc) is 3.22. The van der Waals surface area contributed by atoms with E-state index in [0.717, 1.165) is 12.0 Å². The number of ether oxygens (including phenoxy) is 1. The zero-order chi connectivity index (χ0) is 26.5. The van der Waals surface area contributed by atoms with E-state index in [1.54, 1.807) is 0 Å². The number of alkyl halides is 6. The van der Waals surface area contributed by atoms with E-state index in [4.69, 9.17) is 14.6 Å². The van der Waals surface area contributed by atoms with Crippen molar-refractivity contribution in [2.24, 2.45) is 0 Å². The van der Waals surface area contributed by atoms with Crippen LogP contribution in [0.25, 0.3) is 5.52 Å². The standard InChI is InChI=1S/C19H18F3N5O2.C2HF3O2/c20-19(21,22)15-5-4-13(11-23-15)12-24-17(28)16-14-3-1-2-6-27(14)18(25-16)26-7-9-29-10-8-26;3-2(4,5)1(6)7/h1-6,11H,7-10,12H2,(H,24,28);(H,6,7)/p+1. The van der Waals surface area contributed by atoms with Crippen molar-refractivity contribution < 1.29 is 55.2 Å². The van der Waals surface area contributed by atoms with Gasteiger partial charge in [0.05, 0.1) is 32.5 Å². The quantitative estimate of drug-likeness (QED) is 0.387. The maximum atomic E-state index is 12.8. The Balaban J connectivity index is 0.000000454. The highest BCUT2D eigenvalue weighted by molar-refractivity contribution is 5.98. The molecule has 4 heterocycles. The number of fused-ring (bicyclic) bond motifs is 1. The van der Waals surface area contributed by atoms with Crippen molar-refractivity contribution in [2.75, 3.05) is 31.2 Å². The molecule has 1 saturated heterocycles. The normalized spacial score (nSPS) is 14.2. The first kappa shape index (κ1) is 26.7. The molecule has 15 heteroatoms. The fourth-order valence-corrected chi connectivity index (χ4v) is 3.26. The van der Waals surface area contributed by atoms with Crippen LogP contribution in [0.3, 0.4) is 0 Å². The predicted molar refractivity (Wildman–Crippen MR) is 107 cm³/mol. The summed E-state index contributed by atoms with van der Waals surface area (Å²) in [5, 5.41) is 11.5. The molecule has 1 aliphatic heterocycles. The molecule has 0 aliphatic carbocycles. The van der Waals surface area contributed by atoms with Gasteiger partial charge in [-0.05, 0) is 18.2 Å². The number of morpholine rings is 1. The van der Waals surface area contributed by atoms with Crippen molar-refractivity contribution in [3.8, 4) is 0 Å². The number of carbonyl (C=O) groups excluding carboxylic acids is 2. The van der Waals surface area contributed by atoms with E-state index in [-0.39, 0.29) is 12.5 Å². The van der Waals surface area contributed by atoms with E-state index in [1.807, 2.05) is 28.8 Å². The van der Waals surface area contributed by atoms with Crippen molar-refractivity contribution in [3.05, 3.63) is 59.7 Å². The van der Waals surface area contributed by atoms with E-state index in [1.165, 1.54) is 12.3 Å². The molecule has 36 heavy (non-hydrogen) atoms. The van der Waals surface area contributed by atoms with Gasteiger partial charge in [0.2, 0.25) is 5.69 Å². The number of aliphatic carboxylic acids is 1. The number of rotatable bonds is 4. The Morgan fingerprint density at radius 1 is 1.11 bits per heavy atom. The minimum atomic E-state index is -5.19. The Kier molecular flexibility index (Phi) is 8.02. The van der Waals surface area contributed by atoms with Gasteiger partial charge in [-0.15, -0.1) is 0 Å². The Morgan fingerprint density at radius 2 is 1.78 bits per heavy atom. The van der Waals surface area contributed by atoms with Crippen molar-refractivity contribution in [1.82, 2.24) is 10.3 Å². The molecule has 194 valence electrons. The maximum absolute atomic E-state index is 12.8. The molecule has 1 fully saturated rings. The molecule has 3 N–H and O–H groups in total. The lowest BCUT2D eigenvalue weighted by Crippen LogP contribution is -2.41. The van der Waals surface area contributed by atoms with E-state index in [0.29, 0.717) is 43.1 Å². The monoisotopic (exact) mass is 520 g/mol. The molecule has 3 aromatic rings. The van der Waals surface area contributed by atoms with Gasteiger partial charge in [-0.25, -0.2) is 14.4 Å². The fraction of sp³-hybridized carbons (Fsp3) is 0.333. The highest BCUT2D eigenvalue weighted by atomic mass is 19.4. The van der Waals surface area contributed by atoms with Crippen LogP contribution in [0, 0.1) is 0 Å². The first-order valence-electron chi connectivity index (χ1n) is 10.4. The molecule has 0 unspecified atom stereocenters. The minimum Gasteiger partial charge on any atom is -0.542 e. The van der Waals surface area contributed by atoms with Crippen LogP contribution in [0.2, 0.25) is 0 Å². The second kappa shape index (κ2) is 10.8. The van der Waals surface area contributed by atoms with E-state index in [9.17, 15) is 31.1 Å². The zero-order valence-electron chi connectivity index (χ0n) is 18.4. The first-order chi connectivity index (χ1) is 16.9. The van der Waals surface area contributed by atoms with Gasteiger partial charge in [-0.2, -0.15) is 26.3 Å². The summed E-state index contributed by atoms with van der Waals surface area (Å²) in [5.74, 6) is -2.56. The summed E-state index contributed by atoms with van der Waals surface area (Å²) >= 11 is 0. The number of amides is 1. The van der Waals surface area contributed by atoms with Gasteiger partial charge in [0, 0.05) is 18.2 Å². The summed E-state index contributed by atoms with van der Waals surface area (Å²) in [7, 11) is 0. The van der Waals surface area contributed by atoms with Crippen LogP contribution in [0.1, 0.15) is 21.7 Å². The number of anilines is 1. The van der Waals surface area contributed by atoms with Gasteiger partial charge in [0.1, 0.15) is 5.97 Å². The lowest BCUT2D eigenvalue weighted by molar-refractivity contribution is -0.497. The summed E-state index contributed by atoms with van der Waals surface area (Å²) in [4.78, 5) is 29.1. The van der Waals surface area contributed by atoms with Gasteiger partial charge in [-0.3, -0.25) is 9.69 Å². The number of hydrogen-bond donors (Lipinski definition) is 2. The van der Waals surface area contributed by atoms with Crippen LogP contribution in [0.5, 0.6) is 0 Å². The molecule has 0 spiro atoms.